The van der Waals surface area contributed by atoms with E-state index in [2.05, 4.69) is 5.32 Å². The molecule has 1 saturated heterocycles. The van der Waals surface area contributed by atoms with Crippen LogP contribution in [0.4, 0.5) is 0 Å². The second-order valence-corrected chi connectivity index (χ2v) is 7.85. The van der Waals surface area contributed by atoms with Crippen LogP contribution in [0.2, 0.25) is 0 Å². The Hall–Kier alpha value is -0.660. The lowest BCUT2D eigenvalue weighted by Crippen LogP contribution is -2.50. The first-order valence-corrected chi connectivity index (χ1v) is 8.20. The number of nitrogens with one attached hydrogen (secondary N) is 1. The van der Waals surface area contributed by atoms with Crippen LogP contribution >= 0.6 is 0 Å². The van der Waals surface area contributed by atoms with Crippen molar-refractivity contribution in [3.05, 3.63) is 0 Å². The predicted octanol–water partition coefficient (Wildman–Crippen LogP) is 0.111. The Morgan fingerprint density at radius 2 is 2.00 bits per heavy atom. The highest BCUT2D eigenvalue weighted by atomic mass is 32.2. The first-order chi connectivity index (χ1) is 8.51. The molecule has 1 heterocycles. The zero-order chi connectivity index (χ0) is 14.8. The van der Waals surface area contributed by atoms with Gasteiger partial charge >= 0.3 is 0 Å². The quantitative estimate of drug-likeness (QED) is 0.557. The van der Waals surface area contributed by atoms with Crippen LogP contribution in [0.3, 0.4) is 0 Å². The fourth-order valence-corrected chi connectivity index (χ4v) is 3.97. The largest absolute Gasteiger partial charge is 0.349 e. The van der Waals surface area contributed by atoms with E-state index in [0.717, 1.165) is 6.54 Å². The van der Waals surface area contributed by atoms with Crippen molar-refractivity contribution in [3.63, 3.8) is 0 Å². The van der Waals surface area contributed by atoms with E-state index in [1.807, 2.05) is 27.8 Å². The monoisotopic (exact) mass is 293 g/mol. The third-order valence-corrected chi connectivity index (χ3v) is 4.46. The minimum Gasteiger partial charge on any atom is -0.349 e. The molecule has 7 heteroatoms. The molecule has 2 N–H and O–H groups in total. The second-order valence-electron chi connectivity index (χ2n) is 6.35. The van der Waals surface area contributed by atoms with Gasteiger partial charge in [-0.05, 0) is 13.8 Å². The van der Waals surface area contributed by atoms with E-state index in [4.69, 9.17) is 4.55 Å². The number of rotatable bonds is 5. The number of quaternary nitrogens is 1. The minimum absolute atomic E-state index is 0.0165. The summed E-state index contributed by atoms with van der Waals surface area (Å²) < 4.78 is 31.4. The van der Waals surface area contributed by atoms with Crippen molar-refractivity contribution in [2.75, 3.05) is 32.4 Å². The minimum atomic E-state index is -3.95. The summed E-state index contributed by atoms with van der Waals surface area (Å²) in [7, 11) is -1.99. The molecule has 0 aromatic rings. The molecule has 6 nitrogen and oxygen atoms in total. The van der Waals surface area contributed by atoms with Gasteiger partial charge in [-0.15, -0.1) is 0 Å². The van der Waals surface area contributed by atoms with Crippen molar-refractivity contribution in [1.82, 2.24) is 5.32 Å². The number of hydrogen-bond acceptors (Lipinski definition) is 3. The number of carbonyl (C=O) groups excluding carboxylic acids is 1. The molecule has 0 saturated carbocycles. The molecule has 112 valence electrons. The van der Waals surface area contributed by atoms with Gasteiger partial charge in [0.05, 0.1) is 25.9 Å². The van der Waals surface area contributed by atoms with E-state index in [1.165, 1.54) is 0 Å². The molecule has 3 unspecified atom stereocenters. The first kappa shape index (κ1) is 16.4. The number of likely N-dealkylation sites (N-methyl/N-ethyl adjacent to an activating group) is 1. The number of nitrogens with zero attached hydrogens (tertiary/aromatic N) is 1. The van der Waals surface area contributed by atoms with Crippen LogP contribution in [0, 0.1) is 11.8 Å². The lowest BCUT2D eigenvalue weighted by molar-refractivity contribution is -0.892. The Bertz CT molecular complexity index is 435. The maximum atomic E-state index is 11.8. The van der Waals surface area contributed by atoms with Gasteiger partial charge in [-0.2, -0.15) is 8.42 Å². The number of hydrogen-bond donors (Lipinski definition) is 2. The van der Waals surface area contributed by atoms with Crippen LogP contribution in [0.5, 0.6) is 0 Å². The Balaban J connectivity index is 2.63. The number of likely N-dealkylation sites (tertiary alicyclic amines) is 1. The van der Waals surface area contributed by atoms with Crippen molar-refractivity contribution in [1.29, 1.82) is 0 Å². The van der Waals surface area contributed by atoms with Crippen molar-refractivity contribution < 1.29 is 22.2 Å². The van der Waals surface area contributed by atoms with Gasteiger partial charge in [-0.1, -0.05) is 6.92 Å². The topological polar surface area (TPSA) is 83.5 Å². The lowest BCUT2D eigenvalue weighted by Gasteiger charge is -2.29. The SMILES string of the molecule is CC(C)NC(=O)C[N+]1(C)CC(C)C(CS(=O)(=O)O)C1. The van der Waals surface area contributed by atoms with Crippen molar-refractivity contribution in [2.45, 2.75) is 26.8 Å². The molecule has 0 aliphatic carbocycles. The van der Waals surface area contributed by atoms with Gasteiger partial charge in [-0.3, -0.25) is 9.35 Å². The summed E-state index contributed by atoms with van der Waals surface area (Å²) in [5.74, 6) is -0.142. The summed E-state index contributed by atoms with van der Waals surface area (Å²) in [5.41, 5.74) is 0. The summed E-state index contributed by atoms with van der Waals surface area (Å²) in [6.45, 7) is 7.50. The Morgan fingerprint density at radius 1 is 1.42 bits per heavy atom. The van der Waals surface area contributed by atoms with Crippen LogP contribution in [0.25, 0.3) is 0 Å². The fraction of sp³-hybridized carbons (Fsp3) is 0.917. The fourth-order valence-electron chi connectivity index (χ4n) is 3.00. The summed E-state index contributed by atoms with van der Waals surface area (Å²) >= 11 is 0. The van der Waals surface area contributed by atoms with Crippen molar-refractivity contribution in [3.8, 4) is 0 Å². The summed E-state index contributed by atoms with van der Waals surface area (Å²) in [5, 5.41) is 2.85. The van der Waals surface area contributed by atoms with E-state index in [1.54, 1.807) is 0 Å². The Labute approximate surface area is 115 Å². The molecule has 3 atom stereocenters. The predicted molar refractivity (Wildman–Crippen MR) is 73.1 cm³/mol. The van der Waals surface area contributed by atoms with Crippen molar-refractivity contribution in [2.24, 2.45) is 11.8 Å². The van der Waals surface area contributed by atoms with Gasteiger partial charge in [-0.25, -0.2) is 0 Å². The molecule has 0 bridgehead atoms. The standard InChI is InChI=1S/C12H24N2O4S/c1-9(2)13-12(15)7-14(4)5-10(3)11(6-14)8-19(16,17)18/h9-11H,5-8H2,1-4H3,(H-,13,15,16,17,18)/p+1. The molecule has 1 aliphatic rings. The summed E-state index contributed by atoms with van der Waals surface area (Å²) in [6.07, 6.45) is 0. The van der Waals surface area contributed by atoms with E-state index in [-0.39, 0.29) is 29.5 Å². The maximum absolute atomic E-state index is 11.8. The van der Waals surface area contributed by atoms with Crippen LogP contribution in [0.15, 0.2) is 0 Å². The molecule has 1 fully saturated rings. The van der Waals surface area contributed by atoms with Crippen LogP contribution < -0.4 is 5.32 Å². The smallest absolute Gasteiger partial charge is 0.275 e. The molecule has 1 aliphatic heterocycles. The molecule has 19 heavy (non-hydrogen) atoms. The van der Waals surface area contributed by atoms with Gasteiger partial charge in [0.25, 0.3) is 16.0 Å². The molecule has 1 rings (SSSR count). The molecule has 0 spiro atoms. The first-order valence-electron chi connectivity index (χ1n) is 6.59. The highest BCUT2D eigenvalue weighted by molar-refractivity contribution is 7.85. The molecular weight excluding hydrogens is 268 g/mol. The second kappa shape index (κ2) is 5.76. The van der Waals surface area contributed by atoms with E-state index in [0.29, 0.717) is 17.6 Å². The highest BCUT2D eigenvalue weighted by Gasteiger charge is 2.43. The summed E-state index contributed by atoms with van der Waals surface area (Å²) in [6, 6.07) is 0.104. The van der Waals surface area contributed by atoms with Gasteiger partial charge < -0.3 is 9.80 Å². The Morgan fingerprint density at radius 3 is 2.47 bits per heavy atom. The van der Waals surface area contributed by atoms with Gasteiger partial charge in [0.15, 0.2) is 6.54 Å². The third kappa shape index (κ3) is 5.46. The van der Waals surface area contributed by atoms with E-state index >= 15 is 0 Å². The highest BCUT2D eigenvalue weighted by Crippen LogP contribution is 2.28. The zero-order valence-electron chi connectivity index (χ0n) is 12.1. The van der Waals surface area contributed by atoms with Gasteiger partial charge in [0.2, 0.25) is 0 Å². The van der Waals surface area contributed by atoms with E-state index < -0.39 is 10.1 Å². The molecule has 0 aromatic carbocycles. The number of carbonyl (C=O) groups is 1. The van der Waals surface area contributed by atoms with Crippen LogP contribution in [0.1, 0.15) is 20.8 Å². The summed E-state index contributed by atoms with van der Waals surface area (Å²) in [4.78, 5) is 11.8. The maximum Gasteiger partial charge on any atom is 0.275 e. The lowest BCUT2D eigenvalue weighted by atomic mass is 10.0. The molecule has 0 aromatic heterocycles. The molecule has 1 amide bonds. The normalized spacial score (nSPS) is 31.7. The zero-order valence-corrected chi connectivity index (χ0v) is 12.9. The van der Waals surface area contributed by atoms with E-state index in [9.17, 15) is 13.2 Å². The number of amides is 1. The average molecular weight is 293 g/mol. The van der Waals surface area contributed by atoms with Gasteiger partial charge in [0, 0.05) is 17.9 Å². The van der Waals surface area contributed by atoms with Crippen molar-refractivity contribution >= 4 is 16.0 Å². The molecular formula is C12H25N2O4S+. The molecule has 0 radical (unpaired) electrons. The Kier molecular flexibility index (Phi) is 4.97. The van der Waals surface area contributed by atoms with Crippen LogP contribution in [-0.2, 0) is 14.9 Å². The average Bonchev–Trinajstić information content (AvgIpc) is 2.35. The van der Waals surface area contributed by atoms with Gasteiger partial charge in [0.1, 0.15) is 0 Å². The van der Waals surface area contributed by atoms with Crippen LogP contribution in [-0.4, -0.2) is 61.8 Å². The third-order valence-electron chi connectivity index (χ3n) is 3.61.